The van der Waals surface area contributed by atoms with Crippen LogP contribution in [0.15, 0.2) is 71.6 Å². The zero-order valence-corrected chi connectivity index (χ0v) is 26.5. The lowest BCUT2D eigenvalue weighted by atomic mass is 10.1. The van der Waals surface area contributed by atoms with E-state index < -0.39 is 28.5 Å². The van der Waals surface area contributed by atoms with Gasteiger partial charge in [-0.3, -0.25) is 13.9 Å². The van der Waals surface area contributed by atoms with Crippen molar-refractivity contribution in [1.29, 1.82) is 0 Å². The molecule has 0 aromatic heterocycles. The average Bonchev–Trinajstić information content (AvgIpc) is 2.97. The minimum Gasteiger partial charge on any atom is -0.495 e. The Balaban J connectivity index is 2.11. The quantitative estimate of drug-likeness (QED) is 0.229. The van der Waals surface area contributed by atoms with E-state index in [1.165, 1.54) is 24.1 Å². The molecule has 0 saturated heterocycles. The summed E-state index contributed by atoms with van der Waals surface area (Å²) in [6.07, 6.45) is 2.03. The van der Waals surface area contributed by atoms with E-state index >= 15 is 0 Å². The number of carbonyl (C=O) groups is 2. The highest BCUT2D eigenvalue weighted by atomic mass is 35.5. The summed E-state index contributed by atoms with van der Waals surface area (Å²) in [5.41, 5.74) is 2.56. The second-order valence-corrected chi connectivity index (χ2v) is 12.5. The fourth-order valence-corrected chi connectivity index (χ4v) is 6.19. The van der Waals surface area contributed by atoms with Gasteiger partial charge in [-0.1, -0.05) is 73.8 Å². The third-order valence-electron chi connectivity index (χ3n) is 7.00. The van der Waals surface area contributed by atoms with Gasteiger partial charge in [-0.25, -0.2) is 8.42 Å². The molecule has 226 valence electrons. The van der Waals surface area contributed by atoms with E-state index in [4.69, 9.17) is 16.3 Å². The summed E-state index contributed by atoms with van der Waals surface area (Å²) in [6, 6.07) is 17.8. The van der Waals surface area contributed by atoms with Crippen LogP contribution in [0.1, 0.15) is 49.8 Å². The first-order chi connectivity index (χ1) is 20.0. The van der Waals surface area contributed by atoms with E-state index in [1.807, 2.05) is 27.7 Å². The Morgan fingerprint density at radius 3 is 2.26 bits per heavy atom. The second-order valence-electron chi connectivity index (χ2n) is 10.2. The minimum absolute atomic E-state index is 0.0293. The monoisotopic (exact) mass is 613 g/mol. The number of nitrogens with one attached hydrogen (secondary N) is 1. The van der Waals surface area contributed by atoms with Crippen LogP contribution in [0.2, 0.25) is 5.02 Å². The summed E-state index contributed by atoms with van der Waals surface area (Å²) in [5, 5.41) is 3.37. The Morgan fingerprint density at radius 1 is 0.976 bits per heavy atom. The molecular formula is C32H40ClN3O5S. The van der Waals surface area contributed by atoms with Crippen molar-refractivity contribution < 1.29 is 22.7 Å². The predicted molar refractivity (Wildman–Crippen MR) is 167 cm³/mol. The molecule has 0 heterocycles. The highest BCUT2D eigenvalue weighted by molar-refractivity contribution is 7.92. The van der Waals surface area contributed by atoms with Crippen LogP contribution >= 0.6 is 11.6 Å². The lowest BCUT2D eigenvalue weighted by Gasteiger charge is -2.33. The van der Waals surface area contributed by atoms with Crippen LogP contribution in [0.4, 0.5) is 5.69 Å². The molecule has 0 aliphatic carbocycles. The van der Waals surface area contributed by atoms with E-state index in [1.54, 1.807) is 54.6 Å². The lowest BCUT2D eigenvalue weighted by molar-refractivity contribution is -0.140. The van der Waals surface area contributed by atoms with Crippen molar-refractivity contribution in [3.8, 4) is 5.75 Å². The van der Waals surface area contributed by atoms with Crippen molar-refractivity contribution in [3.63, 3.8) is 0 Å². The predicted octanol–water partition coefficient (Wildman–Crippen LogP) is 5.88. The highest BCUT2D eigenvalue weighted by Crippen LogP contribution is 2.34. The maximum atomic E-state index is 14.2. The van der Waals surface area contributed by atoms with Gasteiger partial charge in [0.25, 0.3) is 10.0 Å². The second kappa shape index (κ2) is 15.1. The standard InChI is InChI=1S/C32H40ClN3O5S/c1-6-8-19-34-32(38)28(7-2)35(21-25-11-9-10-12-27(25)33)31(37)22-36(29-20-24(4)15-18-30(29)41-5)42(39,40)26-16-13-23(3)14-17-26/h9-18,20,28H,6-8,19,21-22H2,1-5H3,(H,34,38)/t28-/m0/s1. The summed E-state index contributed by atoms with van der Waals surface area (Å²) in [4.78, 5) is 29.0. The molecule has 42 heavy (non-hydrogen) atoms. The van der Waals surface area contributed by atoms with Crippen molar-refractivity contribution in [1.82, 2.24) is 10.2 Å². The largest absolute Gasteiger partial charge is 0.495 e. The number of sulfonamides is 1. The number of unbranched alkanes of at least 4 members (excludes halogenated alkanes) is 1. The molecule has 0 radical (unpaired) electrons. The highest BCUT2D eigenvalue weighted by Gasteiger charge is 2.35. The lowest BCUT2D eigenvalue weighted by Crippen LogP contribution is -2.52. The molecule has 0 spiro atoms. The molecule has 0 fully saturated rings. The van der Waals surface area contributed by atoms with Gasteiger partial charge in [-0.2, -0.15) is 0 Å². The summed E-state index contributed by atoms with van der Waals surface area (Å²) in [6.45, 7) is 7.50. The van der Waals surface area contributed by atoms with Crippen molar-refractivity contribution in [2.24, 2.45) is 0 Å². The Kier molecular flexibility index (Phi) is 11.8. The summed E-state index contributed by atoms with van der Waals surface area (Å²) in [7, 11) is -2.77. The van der Waals surface area contributed by atoms with Crippen LogP contribution in [-0.2, 0) is 26.2 Å². The molecule has 2 amide bonds. The molecule has 0 aliphatic heterocycles. The van der Waals surface area contributed by atoms with Gasteiger partial charge in [0.05, 0.1) is 17.7 Å². The first kappa shape index (κ1) is 32.9. The molecule has 0 saturated carbocycles. The maximum absolute atomic E-state index is 14.2. The number of rotatable bonds is 14. The number of halogens is 1. The van der Waals surface area contributed by atoms with E-state index in [9.17, 15) is 18.0 Å². The molecule has 0 aliphatic rings. The molecule has 10 heteroatoms. The molecule has 3 aromatic rings. The molecule has 1 atom stereocenters. The fourth-order valence-electron chi connectivity index (χ4n) is 4.58. The van der Waals surface area contributed by atoms with E-state index in [0.717, 1.165) is 28.3 Å². The average molecular weight is 614 g/mol. The third kappa shape index (κ3) is 8.04. The molecular weight excluding hydrogens is 574 g/mol. The Bertz CT molecular complexity index is 1480. The van der Waals surface area contributed by atoms with Crippen LogP contribution in [-0.4, -0.2) is 51.4 Å². The third-order valence-corrected chi connectivity index (χ3v) is 9.15. The number of hydrogen-bond acceptors (Lipinski definition) is 5. The van der Waals surface area contributed by atoms with E-state index in [2.05, 4.69) is 5.32 Å². The normalized spacial score (nSPS) is 12.0. The van der Waals surface area contributed by atoms with E-state index in [-0.39, 0.29) is 23.0 Å². The number of aryl methyl sites for hydroxylation is 2. The first-order valence-corrected chi connectivity index (χ1v) is 15.9. The summed E-state index contributed by atoms with van der Waals surface area (Å²) in [5.74, 6) is -0.551. The first-order valence-electron chi connectivity index (χ1n) is 14.1. The zero-order chi connectivity index (χ0) is 30.9. The van der Waals surface area contributed by atoms with Gasteiger partial charge >= 0.3 is 0 Å². The Hall–Kier alpha value is -3.56. The number of carbonyl (C=O) groups excluding carboxylic acids is 2. The Morgan fingerprint density at radius 2 is 1.64 bits per heavy atom. The minimum atomic E-state index is -4.22. The molecule has 1 N–H and O–H groups in total. The number of amides is 2. The molecule has 8 nitrogen and oxygen atoms in total. The van der Waals surface area contributed by atoms with Crippen LogP contribution < -0.4 is 14.4 Å². The maximum Gasteiger partial charge on any atom is 0.264 e. The number of methoxy groups -OCH3 is 1. The van der Waals surface area contributed by atoms with Crippen molar-refractivity contribution in [2.45, 2.75) is 64.4 Å². The molecule has 3 rings (SSSR count). The van der Waals surface area contributed by atoms with Crippen LogP contribution in [0.3, 0.4) is 0 Å². The number of benzene rings is 3. The number of hydrogen-bond donors (Lipinski definition) is 1. The fraction of sp³-hybridized carbons (Fsp3) is 0.375. The van der Waals surface area contributed by atoms with Crippen molar-refractivity contribution in [3.05, 3.63) is 88.4 Å². The number of ether oxygens (including phenoxy) is 1. The van der Waals surface area contributed by atoms with Gasteiger partial charge in [-0.05, 0) is 68.1 Å². The smallest absolute Gasteiger partial charge is 0.264 e. The van der Waals surface area contributed by atoms with Gasteiger partial charge in [0.1, 0.15) is 18.3 Å². The number of nitrogens with zero attached hydrogens (tertiary/aromatic N) is 2. The molecule has 0 bridgehead atoms. The SMILES string of the molecule is CCCCNC(=O)[C@H](CC)N(Cc1ccccc1Cl)C(=O)CN(c1cc(C)ccc1OC)S(=O)(=O)c1ccc(C)cc1. The Labute approximate surface area is 254 Å². The number of anilines is 1. The summed E-state index contributed by atoms with van der Waals surface area (Å²) >= 11 is 6.47. The zero-order valence-electron chi connectivity index (χ0n) is 24.9. The van der Waals surface area contributed by atoms with Crippen molar-refractivity contribution >= 4 is 39.1 Å². The van der Waals surface area contributed by atoms with Crippen molar-refractivity contribution in [2.75, 3.05) is 24.5 Å². The van der Waals surface area contributed by atoms with Gasteiger partial charge in [0, 0.05) is 18.1 Å². The van der Waals surface area contributed by atoms with Gasteiger partial charge < -0.3 is 15.0 Å². The van der Waals surface area contributed by atoms with Crippen LogP contribution in [0.25, 0.3) is 0 Å². The summed E-state index contributed by atoms with van der Waals surface area (Å²) < 4.78 is 34.9. The van der Waals surface area contributed by atoms with Crippen LogP contribution in [0, 0.1) is 13.8 Å². The van der Waals surface area contributed by atoms with Gasteiger partial charge in [0.15, 0.2) is 0 Å². The van der Waals surface area contributed by atoms with Crippen LogP contribution in [0.5, 0.6) is 5.75 Å². The van der Waals surface area contributed by atoms with Gasteiger partial charge in [0.2, 0.25) is 11.8 Å². The van der Waals surface area contributed by atoms with Gasteiger partial charge in [-0.15, -0.1) is 0 Å². The molecule has 0 unspecified atom stereocenters. The molecule has 3 aromatic carbocycles. The topological polar surface area (TPSA) is 96.0 Å². The van der Waals surface area contributed by atoms with E-state index in [0.29, 0.717) is 29.3 Å².